The largest absolute Gasteiger partial charge is 0.452 e. The van der Waals surface area contributed by atoms with E-state index in [9.17, 15) is 9.59 Å². The second-order valence-corrected chi connectivity index (χ2v) is 5.88. The van der Waals surface area contributed by atoms with Gasteiger partial charge in [0.15, 0.2) is 6.61 Å². The van der Waals surface area contributed by atoms with Crippen LogP contribution in [-0.4, -0.2) is 30.2 Å². The Labute approximate surface area is 155 Å². The molecule has 0 spiro atoms. The second-order valence-electron chi connectivity index (χ2n) is 5.47. The van der Waals surface area contributed by atoms with Gasteiger partial charge in [0.2, 0.25) is 5.88 Å². The number of aromatic nitrogens is 1. The summed E-state index contributed by atoms with van der Waals surface area (Å²) in [7, 11) is 0. The summed E-state index contributed by atoms with van der Waals surface area (Å²) in [6.07, 6.45) is 0.124. The van der Waals surface area contributed by atoms with E-state index < -0.39 is 18.5 Å². The molecule has 1 amide bonds. The smallest absolute Gasteiger partial charge is 0.346 e. The molecule has 2 rings (SSSR count). The van der Waals surface area contributed by atoms with E-state index in [0.717, 1.165) is 5.56 Å². The van der Waals surface area contributed by atoms with Crippen LogP contribution >= 0.6 is 11.6 Å². The van der Waals surface area contributed by atoms with Gasteiger partial charge >= 0.3 is 5.97 Å². The van der Waals surface area contributed by atoms with Crippen LogP contribution in [0.2, 0.25) is 5.02 Å². The number of anilines is 2. The lowest BCUT2D eigenvalue weighted by Gasteiger charge is -2.22. The Morgan fingerprint density at radius 2 is 2.15 bits per heavy atom. The van der Waals surface area contributed by atoms with Crippen LogP contribution in [-0.2, 0) is 9.53 Å². The Bertz CT molecular complexity index is 853. The first-order chi connectivity index (χ1) is 12.3. The van der Waals surface area contributed by atoms with Crippen molar-refractivity contribution in [2.45, 2.75) is 20.3 Å². The van der Waals surface area contributed by atoms with Gasteiger partial charge in [-0.2, -0.15) is 5.26 Å². The summed E-state index contributed by atoms with van der Waals surface area (Å²) in [4.78, 5) is 26.0. The summed E-state index contributed by atoms with van der Waals surface area (Å²) in [6, 6.07) is 7.03. The van der Waals surface area contributed by atoms with Gasteiger partial charge in [0, 0.05) is 17.3 Å². The molecule has 2 N–H and O–H groups in total. The van der Waals surface area contributed by atoms with E-state index in [1.54, 1.807) is 25.1 Å². The highest BCUT2D eigenvalue weighted by molar-refractivity contribution is 6.31. The van der Waals surface area contributed by atoms with Gasteiger partial charge in [-0.05, 0) is 37.6 Å². The third kappa shape index (κ3) is 4.32. The number of ether oxygens (including phenoxy) is 1. The van der Waals surface area contributed by atoms with E-state index in [0.29, 0.717) is 10.7 Å². The molecule has 2 aromatic rings. The second kappa shape index (κ2) is 8.36. The van der Waals surface area contributed by atoms with Crippen LogP contribution in [0.5, 0.6) is 0 Å². The summed E-state index contributed by atoms with van der Waals surface area (Å²) < 4.78 is 9.73. The van der Waals surface area contributed by atoms with Gasteiger partial charge in [-0.3, -0.25) is 4.79 Å². The Morgan fingerprint density at radius 3 is 2.73 bits per heavy atom. The van der Waals surface area contributed by atoms with Gasteiger partial charge in [0.1, 0.15) is 5.56 Å². The fourth-order valence-electron chi connectivity index (χ4n) is 2.27. The van der Waals surface area contributed by atoms with Crippen molar-refractivity contribution < 1.29 is 18.8 Å². The minimum absolute atomic E-state index is 0.0105. The van der Waals surface area contributed by atoms with E-state index in [-0.39, 0.29) is 30.1 Å². The zero-order valence-electron chi connectivity index (χ0n) is 14.3. The molecule has 136 valence electrons. The molecule has 1 heterocycles. The molecule has 1 aromatic carbocycles. The standard InChI is InChI=1S/C17H17ClN4O4/c1-10-8-12(4-5-13(10)18)22(7-3-6-19)14(23)9-25-17(24)15-11(2)21-26-16(15)20/h4-5,8H,3,7,9,20H2,1-2H3. The van der Waals surface area contributed by atoms with Crippen LogP contribution in [0.3, 0.4) is 0 Å². The summed E-state index contributed by atoms with van der Waals surface area (Å²) in [5.74, 6) is -1.46. The van der Waals surface area contributed by atoms with E-state index in [1.165, 1.54) is 11.8 Å². The number of nitrogens with two attached hydrogens (primary N) is 1. The van der Waals surface area contributed by atoms with Crippen molar-refractivity contribution in [3.8, 4) is 6.07 Å². The number of amides is 1. The van der Waals surface area contributed by atoms with Crippen LogP contribution in [0.25, 0.3) is 0 Å². The summed E-state index contributed by atoms with van der Waals surface area (Å²) in [5, 5.41) is 12.9. The number of halogens is 1. The Kier molecular flexibility index (Phi) is 6.20. The molecule has 0 saturated carbocycles. The van der Waals surface area contributed by atoms with Gasteiger partial charge in [-0.25, -0.2) is 4.79 Å². The molecular weight excluding hydrogens is 360 g/mol. The maximum absolute atomic E-state index is 12.5. The van der Waals surface area contributed by atoms with Gasteiger partial charge in [-0.1, -0.05) is 16.8 Å². The fraction of sp³-hybridized carbons (Fsp3) is 0.294. The number of benzene rings is 1. The minimum Gasteiger partial charge on any atom is -0.452 e. The van der Waals surface area contributed by atoms with Crippen LogP contribution in [0.15, 0.2) is 22.7 Å². The lowest BCUT2D eigenvalue weighted by atomic mass is 10.2. The zero-order valence-corrected chi connectivity index (χ0v) is 15.0. The number of esters is 1. The maximum Gasteiger partial charge on any atom is 0.346 e. The van der Waals surface area contributed by atoms with E-state index in [1.807, 2.05) is 6.07 Å². The molecule has 0 aliphatic rings. The quantitative estimate of drug-likeness (QED) is 0.768. The molecular formula is C17H17ClN4O4. The number of hydrogen-bond donors (Lipinski definition) is 1. The molecule has 0 fully saturated rings. The maximum atomic E-state index is 12.5. The molecule has 0 radical (unpaired) electrons. The molecule has 0 unspecified atom stereocenters. The van der Waals surface area contributed by atoms with Crippen LogP contribution < -0.4 is 10.6 Å². The highest BCUT2D eigenvalue weighted by Crippen LogP contribution is 2.23. The van der Waals surface area contributed by atoms with Gasteiger partial charge in [0.25, 0.3) is 5.91 Å². The average Bonchev–Trinajstić information content (AvgIpc) is 2.94. The fourth-order valence-corrected chi connectivity index (χ4v) is 2.39. The lowest BCUT2D eigenvalue weighted by molar-refractivity contribution is -0.121. The molecule has 26 heavy (non-hydrogen) atoms. The Morgan fingerprint density at radius 1 is 1.42 bits per heavy atom. The van der Waals surface area contributed by atoms with Crippen molar-refractivity contribution in [3.63, 3.8) is 0 Å². The summed E-state index contributed by atoms with van der Waals surface area (Å²) in [6.45, 7) is 2.97. The van der Waals surface area contributed by atoms with Crippen molar-refractivity contribution in [2.75, 3.05) is 23.8 Å². The van der Waals surface area contributed by atoms with E-state index >= 15 is 0 Å². The van der Waals surface area contributed by atoms with Crippen LogP contribution in [0.1, 0.15) is 28.0 Å². The first kappa shape index (κ1) is 19.3. The molecule has 1 aromatic heterocycles. The molecule has 0 aliphatic carbocycles. The number of carbonyl (C=O) groups is 2. The number of nitriles is 1. The highest BCUT2D eigenvalue weighted by Gasteiger charge is 2.23. The van der Waals surface area contributed by atoms with Crippen molar-refractivity contribution in [3.05, 3.63) is 40.0 Å². The minimum atomic E-state index is -0.804. The third-order valence-electron chi connectivity index (χ3n) is 3.62. The Hall–Kier alpha value is -3.05. The van der Waals surface area contributed by atoms with Crippen molar-refractivity contribution in [1.29, 1.82) is 5.26 Å². The first-order valence-corrected chi connectivity index (χ1v) is 8.05. The van der Waals surface area contributed by atoms with Gasteiger partial charge in [0.05, 0.1) is 18.2 Å². The molecule has 0 saturated heterocycles. The third-order valence-corrected chi connectivity index (χ3v) is 4.05. The van der Waals surface area contributed by atoms with Crippen molar-refractivity contribution in [1.82, 2.24) is 5.16 Å². The molecule has 0 aliphatic heterocycles. The number of aryl methyl sites for hydroxylation is 2. The molecule has 0 bridgehead atoms. The number of carbonyl (C=O) groups excluding carboxylic acids is 2. The molecule has 9 heteroatoms. The summed E-state index contributed by atoms with van der Waals surface area (Å²) in [5.41, 5.74) is 7.12. The lowest BCUT2D eigenvalue weighted by Crippen LogP contribution is -2.35. The predicted octanol–water partition coefficient (Wildman–Crippen LogP) is 2.63. The van der Waals surface area contributed by atoms with E-state index in [2.05, 4.69) is 5.16 Å². The Balaban J connectivity index is 2.13. The van der Waals surface area contributed by atoms with Crippen molar-refractivity contribution >= 4 is 35.0 Å². The number of nitrogen functional groups attached to an aromatic ring is 1. The number of rotatable bonds is 6. The topological polar surface area (TPSA) is 122 Å². The highest BCUT2D eigenvalue weighted by atomic mass is 35.5. The van der Waals surface area contributed by atoms with Gasteiger partial charge < -0.3 is 19.9 Å². The van der Waals surface area contributed by atoms with Gasteiger partial charge in [-0.15, -0.1) is 0 Å². The first-order valence-electron chi connectivity index (χ1n) is 7.67. The normalized spacial score (nSPS) is 10.2. The average molecular weight is 377 g/mol. The number of nitrogens with zero attached hydrogens (tertiary/aromatic N) is 3. The summed E-state index contributed by atoms with van der Waals surface area (Å²) >= 11 is 6.01. The predicted molar refractivity (Wildman–Crippen MR) is 94.7 cm³/mol. The SMILES string of the molecule is Cc1cc(N(CCC#N)C(=O)COC(=O)c2c(C)noc2N)ccc1Cl. The zero-order chi connectivity index (χ0) is 19.3. The molecule has 0 atom stereocenters. The number of hydrogen-bond acceptors (Lipinski definition) is 7. The van der Waals surface area contributed by atoms with Crippen LogP contribution in [0, 0.1) is 25.2 Å². The molecule has 8 nitrogen and oxygen atoms in total. The monoisotopic (exact) mass is 376 g/mol. The van der Waals surface area contributed by atoms with Crippen molar-refractivity contribution in [2.24, 2.45) is 0 Å². The van der Waals surface area contributed by atoms with E-state index in [4.69, 9.17) is 31.9 Å². The van der Waals surface area contributed by atoms with Crippen LogP contribution in [0.4, 0.5) is 11.6 Å².